The van der Waals surface area contributed by atoms with Crippen molar-refractivity contribution >= 4 is 19.7 Å². The van der Waals surface area contributed by atoms with Crippen molar-refractivity contribution < 1.29 is 37.3 Å². The molecule has 9 nitrogen and oxygen atoms in total. The molecular weight excluding hydrogens is 1000 g/mol. The standard InChI is InChI=1S/C69H127N2O7P/c1-7-10-13-16-19-22-25-28-30-31-32-33-34-35-36-37-38-39-41-43-46-49-52-55-58-61-68(72)70-66(65-77-79(74,75)76-64-63-71(4,5)6)67(60-57-54-51-48-45-42-27-24-21-18-15-12-9-3)78-69(73)62-59-56-53-50-47-44-40-29-26-23-20-17-14-11-8-2/h11,14,17,19-20,22-23,26,28,30,57,60,66-67H,7-10,12-13,15-16,18,21,24-25,27,29,31-56,58-59,61-65H2,1-6H3,(H-,70,72,74,75)/p+1/b14-11+,20-17+,22-19-,26-23+,30-28-,60-57-. The highest BCUT2D eigenvalue weighted by Crippen LogP contribution is 2.43. The second kappa shape index (κ2) is 58.6. The second-order valence-electron chi connectivity index (χ2n) is 23.7. The fourth-order valence-corrected chi connectivity index (χ4v) is 10.3. The van der Waals surface area contributed by atoms with Crippen LogP contribution < -0.4 is 5.32 Å². The molecule has 0 radical (unpaired) electrons. The van der Waals surface area contributed by atoms with Gasteiger partial charge in [0, 0.05) is 12.8 Å². The zero-order chi connectivity index (χ0) is 57.9. The summed E-state index contributed by atoms with van der Waals surface area (Å²) in [5.41, 5.74) is 0. The fraction of sp³-hybridized carbons (Fsp3) is 0.797. The summed E-state index contributed by atoms with van der Waals surface area (Å²) in [6.45, 7) is 6.88. The molecule has 0 rings (SSSR count). The van der Waals surface area contributed by atoms with E-state index in [4.69, 9.17) is 13.8 Å². The molecule has 0 heterocycles. The lowest BCUT2D eigenvalue weighted by molar-refractivity contribution is -0.870. The molecule has 3 unspecified atom stereocenters. The van der Waals surface area contributed by atoms with Gasteiger partial charge in [0.1, 0.15) is 19.3 Å². The van der Waals surface area contributed by atoms with Gasteiger partial charge in [-0.2, -0.15) is 0 Å². The van der Waals surface area contributed by atoms with Crippen LogP contribution in [0.15, 0.2) is 72.9 Å². The van der Waals surface area contributed by atoms with Crippen LogP contribution in [0.3, 0.4) is 0 Å². The van der Waals surface area contributed by atoms with Gasteiger partial charge in [-0.05, 0) is 83.1 Å². The molecule has 0 aromatic carbocycles. The Kier molecular flexibility index (Phi) is 56.7. The summed E-state index contributed by atoms with van der Waals surface area (Å²) in [5, 5.41) is 3.06. The van der Waals surface area contributed by atoms with Crippen LogP contribution in [0.2, 0.25) is 0 Å². The van der Waals surface area contributed by atoms with Crippen molar-refractivity contribution in [3.8, 4) is 0 Å². The maximum atomic E-state index is 13.6. The Hall–Kier alpha value is -2.55. The van der Waals surface area contributed by atoms with E-state index in [1.54, 1.807) is 0 Å². The number of rotatable bonds is 60. The largest absolute Gasteiger partial charge is 0.472 e. The highest BCUT2D eigenvalue weighted by Gasteiger charge is 2.30. The molecular formula is C69H128N2O7P+. The number of carbonyl (C=O) groups is 2. The zero-order valence-electron chi connectivity index (χ0n) is 52.6. The van der Waals surface area contributed by atoms with Crippen LogP contribution in [-0.2, 0) is 27.9 Å². The monoisotopic (exact) mass is 1130 g/mol. The summed E-state index contributed by atoms with van der Waals surface area (Å²) in [6, 6.07) is -0.855. The number of hydrogen-bond acceptors (Lipinski definition) is 6. The predicted octanol–water partition coefficient (Wildman–Crippen LogP) is 20.8. The Bertz CT molecular complexity index is 1580. The van der Waals surface area contributed by atoms with E-state index < -0.39 is 20.0 Å². The molecule has 0 aromatic heterocycles. The molecule has 0 fully saturated rings. The minimum absolute atomic E-state index is 0.0369. The molecule has 2 N–H and O–H groups in total. The first-order chi connectivity index (χ1) is 38.4. The number of phosphoric ester groups is 1. The summed E-state index contributed by atoms with van der Waals surface area (Å²) in [4.78, 5) is 37.8. The topological polar surface area (TPSA) is 111 Å². The van der Waals surface area contributed by atoms with Crippen LogP contribution in [0.1, 0.15) is 303 Å². The van der Waals surface area contributed by atoms with Gasteiger partial charge < -0.3 is 19.4 Å². The maximum Gasteiger partial charge on any atom is 0.472 e. The lowest BCUT2D eigenvalue weighted by Gasteiger charge is -2.27. The molecule has 0 aromatic rings. The van der Waals surface area contributed by atoms with E-state index in [0.717, 1.165) is 83.5 Å². The van der Waals surface area contributed by atoms with E-state index in [1.165, 1.54) is 186 Å². The smallest absolute Gasteiger partial charge is 0.456 e. The molecule has 460 valence electrons. The lowest BCUT2D eigenvalue weighted by atomic mass is 10.0. The van der Waals surface area contributed by atoms with Crippen molar-refractivity contribution in [1.82, 2.24) is 5.32 Å². The van der Waals surface area contributed by atoms with Gasteiger partial charge in [0.15, 0.2) is 0 Å². The van der Waals surface area contributed by atoms with Gasteiger partial charge in [-0.25, -0.2) is 4.57 Å². The van der Waals surface area contributed by atoms with E-state index in [2.05, 4.69) is 86.8 Å². The van der Waals surface area contributed by atoms with Gasteiger partial charge in [-0.3, -0.25) is 18.6 Å². The molecule has 0 saturated heterocycles. The number of quaternary nitrogens is 1. The van der Waals surface area contributed by atoms with E-state index in [9.17, 15) is 19.0 Å². The summed E-state index contributed by atoms with van der Waals surface area (Å²) < 4.78 is 30.8. The van der Waals surface area contributed by atoms with Crippen LogP contribution in [0, 0.1) is 0 Å². The molecule has 0 saturated carbocycles. The maximum absolute atomic E-state index is 13.6. The van der Waals surface area contributed by atoms with Crippen molar-refractivity contribution in [3.05, 3.63) is 72.9 Å². The van der Waals surface area contributed by atoms with Crippen LogP contribution in [0.25, 0.3) is 0 Å². The van der Waals surface area contributed by atoms with E-state index in [-0.39, 0.29) is 31.5 Å². The van der Waals surface area contributed by atoms with E-state index in [0.29, 0.717) is 17.4 Å². The molecule has 1 amide bonds. The average molecular weight is 1130 g/mol. The molecule has 0 spiro atoms. The Morgan fingerprint density at radius 1 is 0.468 bits per heavy atom. The van der Waals surface area contributed by atoms with Crippen molar-refractivity contribution in [2.24, 2.45) is 0 Å². The average Bonchev–Trinajstić information content (AvgIpc) is 3.41. The van der Waals surface area contributed by atoms with Gasteiger partial charge in [0.25, 0.3) is 0 Å². The molecule has 0 aliphatic carbocycles. The molecule has 0 aliphatic heterocycles. The minimum atomic E-state index is -4.46. The first-order valence-electron chi connectivity index (χ1n) is 33.3. The SMILES string of the molecule is CC/C=C/C=C/C=C/CCCCCCCCCC(=O)OC(/C=C\CCCCCCCCCCCCC)C(COP(=O)(O)OCC[N+](C)(C)C)NC(=O)CCCCCCCCCCCCCCCCC/C=C\C/C=C\CCCCC. The summed E-state index contributed by atoms with van der Waals surface area (Å²) in [7, 11) is 1.49. The van der Waals surface area contributed by atoms with Gasteiger partial charge >= 0.3 is 13.8 Å². The highest BCUT2D eigenvalue weighted by molar-refractivity contribution is 7.47. The Morgan fingerprint density at radius 3 is 1.33 bits per heavy atom. The lowest BCUT2D eigenvalue weighted by Crippen LogP contribution is -2.47. The zero-order valence-corrected chi connectivity index (χ0v) is 53.5. The molecule has 3 atom stereocenters. The first-order valence-corrected chi connectivity index (χ1v) is 34.8. The number of amides is 1. The van der Waals surface area contributed by atoms with Gasteiger partial charge in [0.05, 0.1) is 33.8 Å². The van der Waals surface area contributed by atoms with Crippen LogP contribution >= 0.6 is 7.82 Å². The quantitative estimate of drug-likeness (QED) is 0.0156. The highest BCUT2D eigenvalue weighted by atomic mass is 31.2. The fourth-order valence-electron chi connectivity index (χ4n) is 9.56. The van der Waals surface area contributed by atoms with E-state index >= 15 is 0 Å². The number of phosphoric acid groups is 1. The van der Waals surface area contributed by atoms with Crippen molar-refractivity contribution in [2.45, 2.75) is 315 Å². The normalized spacial score (nSPS) is 14.1. The number of carbonyl (C=O) groups excluding carboxylic acids is 2. The first kappa shape index (κ1) is 76.5. The third-order valence-electron chi connectivity index (χ3n) is 14.7. The predicted molar refractivity (Wildman–Crippen MR) is 341 cm³/mol. The molecule has 79 heavy (non-hydrogen) atoms. The van der Waals surface area contributed by atoms with Crippen molar-refractivity contribution in [1.29, 1.82) is 0 Å². The Labute approximate surface area is 489 Å². The summed E-state index contributed by atoms with van der Waals surface area (Å²) >= 11 is 0. The summed E-state index contributed by atoms with van der Waals surface area (Å²) in [5.74, 6) is -0.512. The number of allylic oxidation sites excluding steroid dienone is 11. The third kappa shape index (κ3) is 59.9. The van der Waals surface area contributed by atoms with Crippen molar-refractivity contribution in [3.63, 3.8) is 0 Å². The molecule has 10 heteroatoms. The minimum Gasteiger partial charge on any atom is -0.456 e. The second-order valence-corrected chi connectivity index (χ2v) is 25.1. The third-order valence-corrected chi connectivity index (χ3v) is 15.7. The summed E-state index contributed by atoms with van der Waals surface area (Å²) in [6.07, 6.45) is 76.2. The van der Waals surface area contributed by atoms with Crippen LogP contribution in [-0.4, -0.2) is 74.3 Å². The number of nitrogens with zero attached hydrogens (tertiary/aromatic N) is 1. The number of hydrogen-bond donors (Lipinski definition) is 2. The molecule has 0 bridgehead atoms. The van der Waals surface area contributed by atoms with Crippen LogP contribution in [0.5, 0.6) is 0 Å². The van der Waals surface area contributed by atoms with Crippen molar-refractivity contribution in [2.75, 3.05) is 40.9 Å². The Balaban J connectivity index is 5.11. The number of nitrogens with one attached hydrogen (secondary N) is 1. The van der Waals surface area contributed by atoms with Gasteiger partial charge in [-0.1, -0.05) is 280 Å². The number of esters is 1. The van der Waals surface area contributed by atoms with Gasteiger partial charge in [-0.15, -0.1) is 0 Å². The van der Waals surface area contributed by atoms with Gasteiger partial charge in [0.2, 0.25) is 5.91 Å². The molecule has 0 aliphatic rings. The number of likely N-dealkylation sites (N-methyl/N-ethyl adjacent to an activating group) is 1. The Morgan fingerprint density at radius 2 is 0.861 bits per heavy atom. The van der Waals surface area contributed by atoms with Crippen LogP contribution in [0.4, 0.5) is 0 Å². The number of ether oxygens (including phenoxy) is 1. The number of unbranched alkanes of at least 4 members (excludes halogenated alkanes) is 36. The van der Waals surface area contributed by atoms with E-state index in [1.807, 2.05) is 33.3 Å².